The molecule has 0 heterocycles. The Bertz CT molecular complexity index is 576. The average Bonchev–Trinajstić information content (AvgIpc) is 2.45. The van der Waals surface area contributed by atoms with Gasteiger partial charge in [-0.25, -0.2) is 0 Å². The van der Waals surface area contributed by atoms with Gasteiger partial charge in [-0.3, -0.25) is 4.90 Å². The fourth-order valence-electron chi connectivity index (χ4n) is 2.44. The van der Waals surface area contributed by atoms with Gasteiger partial charge in [-0.05, 0) is 31.7 Å². The first-order valence-corrected chi connectivity index (χ1v) is 7.68. The molecule has 2 nitrogen and oxygen atoms in total. The van der Waals surface area contributed by atoms with Crippen molar-refractivity contribution >= 4 is 23.2 Å². The lowest BCUT2D eigenvalue weighted by atomic mass is 10.0. The third-order valence-corrected chi connectivity index (χ3v) is 4.30. The Morgan fingerprint density at radius 2 is 1.62 bits per heavy atom. The van der Waals surface area contributed by atoms with E-state index in [-0.39, 0.29) is 6.04 Å². The highest BCUT2D eigenvalue weighted by atomic mass is 35.5. The van der Waals surface area contributed by atoms with E-state index < -0.39 is 0 Å². The molecular formula is C17H20Cl2N2. The van der Waals surface area contributed by atoms with Crippen molar-refractivity contribution in [2.75, 3.05) is 13.6 Å². The number of rotatable bonds is 5. The largest absolute Gasteiger partial charge is 0.329 e. The maximum absolute atomic E-state index is 6.30. The Kier molecular flexibility index (Phi) is 5.65. The van der Waals surface area contributed by atoms with Crippen LogP contribution in [0, 0.1) is 6.92 Å². The van der Waals surface area contributed by atoms with Crippen LogP contribution in [0.5, 0.6) is 0 Å². The second kappa shape index (κ2) is 7.28. The summed E-state index contributed by atoms with van der Waals surface area (Å²) in [5, 5.41) is 1.32. The Morgan fingerprint density at radius 1 is 1.05 bits per heavy atom. The summed E-state index contributed by atoms with van der Waals surface area (Å²) in [6, 6.07) is 14.0. The Hall–Kier alpha value is -1.06. The van der Waals surface area contributed by atoms with Gasteiger partial charge in [0.05, 0.1) is 6.04 Å². The van der Waals surface area contributed by atoms with Gasteiger partial charge in [-0.1, -0.05) is 59.1 Å². The number of nitrogens with two attached hydrogens (primary N) is 1. The second-order valence-corrected chi connectivity index (χ2v) is 6.10. The quantitative estimate of drug-likeness (QED) is 0.882. The summed E-state index contributed by atoms with van der Waals surface area (Å²) in [5.41, 5.74) is 9.36. The van der Waals surface area contributed by atoms with Crippen molar-refractivity contribution in [1.29, 1.82) is 0 Å². The molecule has 0 saturated carbocycles. The van der Waals surface area contributed by atoms with Crippen LogP contribution in [0.25, 0.3) is 0 Å². The molecule has 1 atom stereocenters. The van der Waals surface area contributed by atoms with Gasteiger partial charge < -0.3 is 5.73 Å². The molecule has 0 radical (unpaired) electrons. The van der Waals surface area contributed by atoms with Crippen molar-refractivity contribution in [1.82, 2.24) is 4.90 Å². The van der Waals surface area contributed by atoms with Gasteiger partial charge >= 0.3 is 0 Å². The van der Waals surface area contributed by atoms with Gasteiger partial charge in [0.2, 0.25) is 0 Å². The highest BCUT2D eigenvalue weighted by molar-refractivity contribution is 6.36. The molecule has 0 aliphatic carbocycles. The molecule has 112 valence electrons. The molecule has 1 unspecified atom stereocenters. The van der Waals surface area contributed by atoms with Crippen molar-refractivity contribution in [3.8, 4) is 0 Å². The van der Waals surface area contributed by atoms with Gasteiger partial charge in [0.1, 0.15) is 0 Å². The van der Waals surface area contributed by atoms with E-state index in [0.29, 0.717) is 16.6 Å². The Balaban J connectivity index is 2.22. The highest BCUT2D eigenvalue weighted by Gasteiger charge is 2.21. The van der Waals surface area contributed by atoms with Gasteiger partial charge in [-0.2, -0.15) is 0 Å². The van der Waals surface area contributed by atoms with Crippen molar-refractivity contribution in [2.45, 2.75) is 19.5 Å². The first-order chi connectivity index (χ1) is 10.0. The molecule has 0 bridgehead atoms. The van der Waals surface area contributed by atoms with Crippen molar-refractivity contribution in [3.05, 3.63) is 69.2 Å². The smallest absolute Gasteiger partial charge is 0.0500 e. The van der Waals surface area contributed by atoms with Crippen LogP contribution in [0.2, 0.25) is 10.0 Å². The number of halogens is 2. The van der Waals surface area contributed by atoms with Crippen molar-refractivity contribution in [2.24, 2.45) is 5.73 Å². The number of aryl methyl sites for hydroxylation is 1. The molecule has 0 aliphatic rings. The van der Waals surface area contributed by atoms with E-state index in [4.69, 9.17) is 28.9 Å². The standard InChI is InChI=1S/C17H20Cl2N2/c1-12-6-8-13(9-7-12)11-21(2)16(10-20)17-14(18)4-3-5-15(17)19/h3-9,16H,10-11,20H2,1-2H3. The summed E-state index contributed by atoms with van der Waals surface area (Å²) in [4.78, 5) is 2.18. The average molecular weight is 323 g/mol. The lowest BCUT2D eigenvalue weighted by molar-refractivity contribution is 0.242. The molecular weight excluding hydrogens is 303 g/mol. The number of nitrogens with zero attached hydrogens (tertiary/aromatic N) is 1. The lowest BCUT2D eigenvalue weighted by Gasteiger charge is -2.29. The molecule has 4 heteroatoms. The van der Waals surface area contributed by atoms with E-state index in [2.05, 4.69) is 36.1 Å². The van der Waals surface area contributed by atoms with Crippen LogP contribution in [0.1, 0.15) is 22.7 Å². The monoisotopic (exact) mass is 322 g/mol. The molecule has 2 aromatic rings. The van der Waals surface area contributed by atoms with Gasteiger partial charge in [0, 0.05) is 28.7 Å². The van der Waals surface area contributed by atoms with Crippen molar-refractivity contribution in [3.63, 3.8) is 0 Å². The minimum atomic E-state index is -0.00694. The summed E-state index contributed by atoms with van der Waals surface area (Å²) in [6.45, 7) is 3.34. The van der Waals surface area contributed by atoms with Crippen molar-refractivity contribution < 1.29 is 0 Å². The lowest BCUT2D eigenvalue weighted by Crippen LogP contribution is -2.30. The van der Waals surface area contributed by atoms with Crippen LogP contribution in [-0.2, 0) is 6.54 Å². The minimum Gasteiger partial charge on any atom is -0.329 e. The third kappa shape index (κ3) is 3.98. The van der Waals surface area contributed by atoms with Gasteiger partial charge in [0.15, 0.2) is 0 Å². The van der Waals surface area contributed by atoms with E-state index in [0.717, 1.165) is 12.1 Å². The molecule has 0 amide bonds. The molecule has 0 saturated heterocycles. The first-order valence-electron chi connectivity index (χ1n) is 6.92. The number of hydrogen-bond donors (Lipinski definition) is 1. The zero-order valence-electron chi connectivity index (χ0n) is 12.3. The molecule has 0 aliphatic heterocycles. The fourth-order valence-corrected chi connectivity index (χ4v) is 3.09. The van der Waals surface area contributed by atoms with Crippen LogP contribution in [0.15, 0.2) is 42.5 Å². The van der Waals surface area contributed by atoms with Crippen LogP contribution < -0.4 is 5.73 Å². The van der Waals surface area contributed by atoms with Crippen LogP contribution in [0.4, 0.5) is 0 Å². The molecule has 2 aromatic carbocycles. The van der Waals surface area contributed by atoms with Crippen LogP contribution in [-0.4, -0.2) is 18.5 Å². The summed E-state index contributed by atoms with van der Waals surface area (Å²) < 4.78 is 0. The minimum absolute atomic E-state index is 0.00694. The van der Waals surface area contributed by atoms with E-state index in [1.165, 1.54) is 11.1 Å². The maximum atomic E-state index is 6.30. The number of benzene rings is 2. The fraction of sp³-hybridized carbons (Fsp3) is 0.294. The third-order valence-electron chi connectivity index (χ3n) is 3.64. The zero-order chi connectivity index (χ0) is 15.4. The van der Waals surface area contributed by atoms with Crippen LogP contribution in [0.3, 0.4) is 0 Å². The molecule has 21 heavy (non-hydrogen) atoms. The molecule has 0 aromatic heterocycles. The Morgan fingerprint density at radius 3 is 2.14 bits per heavy atom. The SMILES string of the molecule is Cc1ccc(CN(C)C(CN)c2c(Cl)cccc2Cl)cc1. The first kappa shape index (κ1) is 16.3. The van der Waals surface area contributed by atoms with E-state index >= 15 is 0 Å². The summed E-state index contributed by atoms with van der Waals surface area (Å²) in [5.74, 6) is 0. The molecule has 2 rings (SSSR count). The summed E-state index contributed by atoms with van der Waals surface area (Å²) >= 11 is 12.6. The predicted octanol–water partition coefficient (Wildman–Crippen LogP) is 4.43. The maximum Gasteiger partial charge on any atom is 0.0500 e. The van der Waals surface area contributed by atoms with Gasteiger partial charge in [0.25, 0.3) is 0 Å². The summed E-state index contributed by atoms with van der Waals surface area (Å²) in [6.07, 6.45) is 0. The second-order valence-electron chi connectivity index (χ2n) is 5.29. The normalized spacial score (nSPS) is 12.7. The highest BCUT2D eigenvalue weighted by Crippen LogP contribution is 2.33. The van der Waals surface area contributed by atoms with Crippen LogP contribution >= 0.6 is 23.2 Å². The van der Waals surface area contributed by atoms with Gasteiger partial charge in [-0.15, -0.1) is 0 Å². The van der Waals surface area contributed by atoms with E-state index in [1.54, 1.807) is 0 Å². The molecule has 0 fully saturated rings. The topological polar surface area (TPSA) is 29.3 Å². The van der Waals surface area contributed by atoms with E-state index in [1.807, 2.05) is 25.2 Å². The Labute approximate surface area is 136 Å². The summed E-state index contributed by atoms with van der Waals surface area (Å²) in [7, 11) is 2.04. The molecule has 2 N–H and O–H groups in total. The molecule has 0 spiro atoms. The number of likely N-dealkylation sites (N-methyl/N-ethyl adjacent to an activating group) is 1. The van der Waals surface area contributed by atoms with E-state index in [9.17, 15) is 0 Å². The zero-order valence-corrected chi connectivity index (χ0v) is 13.8. The number of hydrogen-bond acceptors (Lipinski definition) is 2. The predicted molar refractivity (Wildman–Crippen MR) is 90.9 cm³/mol.